The van der Waals surface area contributed by atoms with E-state index in [9.17, 15) is 9.59 Å². The van der Waals surface area contributed by atoms with Gasteiger partial charge in [-0.2, -0.15) is 0 Å². The molecule has 0 spiro atoms. The van der Waals surface area contributed by atoms with E-state index in [0.29, 0.717) is 13.0 Å². The van der Waals surface area contributed by atoms with Crippen LogP contribution in [0.15, 0.2) is 30.3 Å². The van der Waals surface area contributed by atoms with Crippen molar-refractivity contribution in [2.24, 2.45) is 0 Å². The molecule has 0 saturated heterocycles. The van der Waals surface area contributed by atoms with Crippen LogP contribution in [0.1, 0.15) is 59.9 Å². The Balaban J connectivity index is 2.68. The zero-order valence-electron chi connectivity index (χ0n) is 19.8. The number of benzene rings is 1. The number of hydrogen-bond acceptors (Lipinski definition) is 5. The van der Waals surface area contributed by atoms with E-state index in [1.54, 1.807) is 0 Å². The molecule has 0 radical (unpaired) electrons. The van der Waals surface area contributed by atoms with Gasteiger partial charge in [0, 0.05) is 6.42 Å². The summed E-state index contributed by atoms with van der Waals surface area (Å²) in [6.45, 7) is 16.8. The summed E-state index contributed by atoms with van der Waals surface area (Å²) in [6.07, 6.45) is 0.0954. The lowest BCUT2D eigenvalue weighted by atomic mass is 10.1. The Hall–Kier alpha value is -1.86. The van der Waals surface area contributed by atoms with Gasteiger partial charge in [0.25, 0.3) is 0 Å². The number of nitrogens with one attached hydrogen (secondary N) is 1. The first-order valence-electron chi connectivity index (χ1n) is 10.5. The van der Waals surface area contributed by atoms with Gasteiger partial charge in [0.1, 0.15) is 12.2 Å². The number of ether oxygens (including phenoxy) is 2. The highest BCUT2D eigenvalue weighted by molar-refractivity contribution is 6.74. The van der Waals surface area contributed by atoms with Crippen molar-refractivity contribution in [2.75, 3.05) is 6.61 Å². The Morgan fingerprint density at radius 1 is 1.03 bits per heavy atom. The Labute approximate surface area is 182 Å². The Morgan fingerprint density at radius 2 is 1.63 bits per heavy atom. The molecule has 0 bridgehead atoms. The maximum atomic E-state index is 12.3. The van der Waals surface area contributed by atoms with E-state index in [0.717, 1.165) is 5.56 Å². The van der Waals surface area contributed by atoms with Gasteiger partial charge in [-0.3, -0.25) is 4.79 Å². The van der Waals surface area contributed by atoms with Crippen LogP contribution in [0.4, 0.5) is 4.79 Å². The monoisotopic (exact) mass is 437 g/mol. The van der Waals surface area contributed by atoms with Crippen molar-refractivity contribution < 1.29 is 23.5 Å². The highest BCUT2D eigenvalue weighted by Gasteiger charge is 2.37. The van der Waals surface area contributed by atoms with E-state index in [4.69, 9.17) is 13.9 Å². The zero-order valence-corrected chi connectivity index (χ0v) is 20.8. The second-order valence-electron chi connectivity index (χ2n) is 10.1. The lowest BCUT2D eigenvalue weighted by Gasteiger charge is -2.37. The first kappa shape index (κ1) is 26.2. The third kappa shape index (κ3) is 10.3. The standard InChI is InChI=1S/C23H39NO5Si/c1-22(2,3)29-20(25)15-14-19(17-28-30(7,8)23(4,5)6)24-21(26)27-16-18-12-10-9-11-13-18/h9-13,19H,14-17H2,1-8H3,(H,24,26)/t19-/m0/s1. The number of amides is 1. The smallest absolute Gasteiger partial charge is 0.407 e. The van der Waals surface area contributed by atoms with Gasteiger partial charge in [0.05, 0.1) is 12.6 Å². The summed E-state index contributed by atoms with van der Waals surface area (Å²) in [6, 6.07) is 9.16. The third-order valence-electron chi connectivity index (χ3n) is 5.10. The maximum Gasteiger partial charge on any atom is 0.407 e. The normalized spacial score (nSPS) is 13.5. The average molecular weight is 438 g/mol. The number of carbonyl (C=O) groups excluding carboxylic acids is 2. The highest BCUT2D eigenvalue weighted by atomic mass is 28.4. The van der Waals surface area contributed by atoms with Gasteiger partial charge in [0.15, 0.2) is 8.32 Å². The van der Waals surface area contributed by atoms with E-state index in [1.807, 2.05) is 51.1 Å². The maximum absolute atomic E-state index is 12.3. The Bertz CT molecular complexity index is 677. The molecule has 0 aliphatic rings. The number of carbonyl (C=O) groups is 2. The molecule has 1 atom stereocenters. The molecule has 0 aliphatic carbocycles. The number of alkyl carbamates (subject to hydrolysis) is 1. The molecule has 0 heterocycles. The second kappa shape index (κ2) is 11.0. The van der Waals surface area contributed by atoms with Gasteiger partial charge in [-0.15, -0.1) is 0 Å². The molecule has 1 N–H and O–H groups in total. The minimum Gasteiger partial charge on any atom is -0.460 e. The van der Waals surface area contributed by atoms with Crippen molar-refractivity contribution >= 4 is 20.4 Å². The molecular weight excluding hydrogens is 398 g/mol. The summed E-state index contributed by atoms with van der Waals surface area (Å²) in [5.41, 5.74) is 0.377. The zero-order chi connectivity index (χ0) is 23.0. The molecule has 30 heavy (non-hydrogen) atoms. The van der Waals surface area contributed by atoms with Crippen molar-refractivity contribution in [2.45, 2.75) is 90.8 Å². The van der Waals surface area contributed by atoms with Crippen LogP contribution in [-0.4, -0.2) is 38.6 Å². The molecule has 170 valence electrons. The minimum absolute atomic E-state index is 0.0521. The lowest BCUT2D eigenvalue weighted by Crippen LogP contribution is -2.46. The van der Waals surface area contributed by atoms with Crippen molar-refractivity contribution in [1.29, 1.82) is 0 Å². The van der Waals surface area contributed by atoms with E-state index >= 15 is 0 Å². The topological polar surface area (TPSA) is 73.9 Å². The van der Waals surface area contributed by atoms with Crippen molar-refractivity contribution in [3.8, 4) is 0 Å². The van der Waals surface area contributed by atoms with E-state index < -0.39 is 20.0 Å². The number of hydrogen-bond donors (Lipinski definition) is 1. The highest BCUT2D eigenvalue weighted by Crippen LogP contribution is 2.36. The van der Waals surface area contributed by atoms with Crippen LogP contribution in [-0.2, 0) is 25.3 Å². The van der Waals surface area contributed by atoms with Crippen molar-refractivity contribution in [3.05, 3.63) is 35.9 Å². The summed E-state index contributed by atoms with van der Waals surface area (Å²) >= 11 is 0. The average Bonchev–Trinajstić information content (AvgIpc) is 2.60. The first-order valence-corrected chi connectivity index (χ1v) is 13.4. The molecule has 1 aromatic rings. The molecule has 0 fully saturated rings. The van der Waals surface area contributed by atoms with Gasteiger partial charge in [0.2, 0.25) is 0 Å². The first-order chi connectivity index (χ1) is 13.7. The summed E-state index contributed by atoms with van der Waals surface area (Å²) in [7, 11) is -1.99. The quantitative estimate of drug-likeness (QED) is 0.412. The molecule has 1 amide bonds. The molecular formula is C23H39NO5Si. The van der Waals surface area contributed by atoms with E-state index in [2.05, 4.69) is 39.2 Å². The summed E-state index contributed by atoms with van der Waals surface area (Å²) in [5, 5.41) is 2.91. The minimum atomic E-state index is -1.99. The molecule has 0 aromatic heterocycles. The van der Waals surface area contributed by atoms with E-state index in [-0.39, 0.29) is 30.1 Å². The van der Waals surface area contributed by atoms with Crippen molar-refractivity contribution in [3.63, 3.8) is 0 Å². The summed E-state index contributed by atoms with van der Waals surface area (Å²) in [4.78, 5) is 24.4. The molecule has 1 aromatic carbocycles. The predicted octanol–water partition coefficient (Wildman–Crippen LogP) is 5.43. The predicted molar refractivity (Wildman–Crippen MR) is 122 cm³/mol. The second-order valence-corrected chi connectivity index (χ2v) is 14.9. The SMILES string of the molecule is CC(C)(C)OC(=O)CC[C@@H](CO[Si](C)(C)C(C)(C)C)NC(=O)OCc1ccccc1. The van der Waals surface area contributed by atoms with Crippen LogP contribution in [0.3, 0.4) is 0 Å². The van der Waals surface area contributed by atoms with Crippen LogP contribution in [0.5, 0.6) is 0 Å². The molecule has 0 unspecified atom stereocenters. The van der Waals surface area contributed by atoms with Gasteiger partial charge >= 0.3 is 12.1 Å². The van der Waals surface area contributed by atoms with Crippen LogP contribution < -0.4 is 5.32 Å². The van der Waals surface area contributed by atoms with Crippen LogP contribution in [0, 0.1) is 0 Å². The fourth-order valence-electron chi connectivity index (χ4n) is 2.34. The molecule has 1 rings (SSSR count). The van der Waals surface area contributed by atoms with Gasteiger partial charge < -0.3 is 19.2 Å². The molecule has 7 heteroatoms. The molecule has 0 aliphatic heterocycles. The third-order valence-corrected chi connectivity index (χ3v) is 9.60. The summed E-state index contributed by atoms with van der Waals surface area (Å²) in [5.74, 6) is -0.292. The Kier molecular flexibility index (Phi) is 9.56. The fraction of sp³-hybridized carbons (Fsp3) is 0.652. The molecule has 6 nitrogen and oxygen atoms in total. The van der Waals surface area contributed by atoms with E-state index in [1.165, 1.54) is 0 Å². The number of esters is 1. The largest absolute Gasteiger partial charge is 0.460 e. The van der Waals surface area contributed by atoms with Gasteiger partial charge in [-0.05, 0) is 50.9 Å². The van der Waals surface area contributed by atoms with Gasteiger partial charge in [-0.25, -0.2) is 4.79 Å². The van der Waals surface area contributed by atoms with Crippen molar-refractivity contribution in [1.82, 2.24) is 5.32 Å². The summed E-state index contributed by atoms with van der Waals surface area (Å²) < 4.78 is 17.0. The fourth-order valence-corrected chi connectivity index (χ4v) is 3.39. The Morgan fingerprint density at radius 3 is 2.17 bits per heavy atom. The molecule has 0 saturated carbocycles. The van der Waals surface area contributed by atoms with Crippen LogP contribution in [0.2, 0.25) is 18.1 Å². The number of rotatable bonds is 9. The lowest BCUT2D eigenvalue weighted by molar-refractivity contribution is -0.155. The van der Waals surface area contributed by atoms with Gasteiger partial charge in [-0.1, -0.05) is 51.1 Å². The van der Waals surface area contributed by atoms with Crippen LogP contribution in [0.25, 0.3) is 0 Å². The van der Waals surface area contributed by atoms with Crippen LogP contribution >= 0.6 is 0 Å².